The van der Waals surface area contributed by atoms with Gasteiger partial charge in [-0.3, -0.25) is 14.9 Å². The van der Waals surface area contributed by atoms with Crippen LogP contribution in [0, 0.1) is 10.1 Å². The number of unbranched alkanes of at least 4 members (excludes halogenated alkanes) is 1. The number of hydrogen-bond acceptors (Lipinski definition) is 7. The molecular weight excluding hydrogens is 450 g/mol. The standard InChI is InChI=1S/C22H25N3O7S/c1-2-3-11-20(22(27)28)24(33(31,32)18-10-6-9-17(13-18)25(29)30)21(26)19-12-15-7-4-5-8-16(15)14-23-19/h4-10,13,19-20,23H,2-3,11-12,14H2,1H3,(H,27,28)/t19-,20-/m0/s1. The highest BCUT2D eigenvalue weighted by Gasteiger charge is 2.43. The maximum Gasteiger partial charge on any atom is 0.327 e. The number of amides is 1. The number of nitro groups is 1. The van der Waals surface area contributed by atoms with Gasteiger partial charge in [0.15, 0.2) is 0 Å². The third kappa shape index (κ3) is 5.20. The van der Waals surface area contributed by atoms with Crippen LogP contribution in [-0.2, 0) is 32.6 Å². The molecule has 0 radical (unpaired) electrons. The number of hydrogen-bond donors (Lipinski definition) is 2. The number of benzene rings is 2. The van der Waals surface area contributed by atoms with Crippen molar-refractivity contribution >= 4 is 27.6 Å². The topological polar surface area (TPSA) is 147 Å². The van der Waals surface area contributed by atoms with Crippen molar-refractivity contribution in [3.8, 4) is 0 Å². The molecule has 1 aliphatic rings. The molecule has 2 aromatic rings. The molecule has 2 aromatic carbocycles. The van der Waals surface area contributed by atoms with E-state index in [9.17, 15) is 33.2 Å². The molecule has 0 saturated carbocycles. The van der Waals surface area contributed by atoms with E-state index in [1.807, 2.05) is 31.2 Å². The molecule has 1 heterocycles. The van der Waals surface area contributed by atoms with Crippen molar-refractivity contribution in [1.29, 1.82) is 0 Å². The van der Waals surface area contributed by atoms with Crippen LogP contribution in [0.3, 0.4) is 0 Å². The zero-order valence-corrected chi connectivity index (χ0v) is 18.8. The van der Waals surface area contributed by atoms with Crippen LogP contribution < -0.4 is 5.32 Å². The Kier molecular flexibility index (Phi) is 7.44. The molecule has 10 nitrogen and oxygen atoms in total. The fourth-order valence-corrected chi connectivity index (χ4v) is 5.47. The fraction of sp³-hybridized carbons (Fsp3) is 0.364. The molecule has 3 rings (SSSR count). The van der Waals surface area contributed by atoms with Crippen molar-refractivity contribution in [1.82, 2.24) is 9.62 Å². The molecule has 1 amide bonds. The molecule has 0 bridgehead atoms. The van der Waals surface area contributed by atoms with Crippen LogP contribution in [-0.4, -0.2) is 46.7 Å². The minimum Gasteiger partial charge on any atom is -0.480 e. The summed E-state index contributed by atoms with van der Waals surface area (Å²) < 4.78 is 27.5. The lowest BCUT2D eigenvalue weighted by atomic mass is 9.95. The number of nitrogens with zero attached hydrogens (tertiary/aromatic N) is 2. The molecule has 1 aliphatic heterocycles. The Labute approximate surface area is 191 Å². The third-order valence-electron chi connectivity index (χ3n) is 5.58. The number of carbonyl (C=O) groups is 2. The minimum absolute atomic E-state index is 0.0744. The molecule has 33 heavy (non-hydrogen) atoms. The van der Waals surface area contributed by atoms with E-state index in [0.29, 0.717) is 23.7 Å². The molecule has 0 saturated heterocycles. The van der Waals surface area contributed by atoms with Crippen LogP contribution in [0.2, 0.25) is 0 Å². The van der Waals surface area contributed by atoms with Crippen LogP contribution in [0.5, 0.6) is 0 Å². The second-order valence-electron chi connectivity index (χ2n) is 7.80. The predicted octanol–water partition coefficient (Wildman–Crippen LogP) is 2.47. The van der Waals surface area contributed by atoms with E-state index in [1.165, 1.54) is 6.07 Å². The van der Waals surface area contributed by atoms with Gasteiger partial charge in [0, 0.05) is 18.7 Å². The number of aliphatic carboxylic acids is 1. The highest BCUT2D eigenvalue weighted by Crippen LogP contribution is 2.27. The Morgan fingerprint density at radius 2 is 1.91 bits per heavy atom. The smallest absolute Gasteiger partial charge is 0.327 e. The van der Waals surface area contributed by atoms with Crippen LogP contribution in [0.4, 0.5) is 5.69 Å². The van der Waals surface area contributed by atoms with Gasteiger partial charge in [-0.1, -0.05) is 50.1 Å². The summed E-state index contributed by atoms with van der Waals surface area (Å²) in [7, 11) is -4.70. The summed E-state index contributed by atoms with van der Waals surface area (Å²) in [5, 5.41) is 24.0. The molecule has 11 heteroatoms. The van der Waals surface area contributed by atoms with Gasteiger partial charge in [0.2, 0.25) is 0 Å². The zero-order chi connectivity index (χ0) is 24.2. The first-order valence-electron chi connectivity index (χ1n) is 10.5. The lowest BCUT2D eigenvalue weighted by Crippen LogP contribution is -2.56. The number of carboxylic acid groups (broad SMARTS) is 1. The first-order chi connectivity index (χ1) is 15.7. The molecule has 2 atom stereocenters. The van der Waals surface area contributed by atoms with Crippen molar-refractivity contribution < 1.29 is 28.0 Å². The number of fused-ring (bicyclic) bond motifs is 1. The highest BCUT2D eigenvalue weighted by molar-refractivity contribution is 7.89. The van der Waals surface area contributed by atoms with Gasteiger partial charge < -0.3 is 10.4 Å². The maximum absolute atomic E-state index is 13.5. The summed E-state index contributed by atoms with van der Waals surface area (Å²) in [5.74, 6) is -2.36. The fourth-order valence-electron chi connectivity index (χ4n) is 3.83. The number of sulfonamides is 1. The van der Waals surface area contributed by atoms with Crippen LogP contribution in [0.25, 0.3) is 0 Å². The van der Waals surface area contributed by atoms with E-state index in [1.54, 1.807) is 0 Å². The van der Waals surface area contributed by atoms with Gasteiger partial charge in [-0.05, 0) is 30.0 Å². The second kappa shape index (κ2) is 10.1. The lowest BCUT2D eigenvalue weighted by molar-refractivity contribution is -0.385. The molecule has 2 N–H and O–H groups in total. The third-order valence-corrected chi connectivity index (χ3v) is 7.38. The van der Waals surface area contributed by atoms with Gasteiger partial charge in [-0.25, -0.2) is 17.5 Å². The van der Waals surface area contributed by atoms with Gasteiger partial charge >= 0.3 is 5.97 Å². The molecule has 0 spiro atoms. The van der Waals surface area contributed by atoms with Crippen molar-refractivity contribution in [2.45, 2.75) is 56.1 Å². The number of nitrogens with one attached hydrogen (secondary N) is 1. The Balaban J connectivity index is 2.06. The van der Waals surface area contributed by atoms with Crippen molar-refractivity contribution in [2.24, 2.45) is 0 Å². The number of carbonyl (C=O) groups excluding carboxylic acids is 1. The minimum atomic E-state index is -4.70. The normalized spacial score (nSPS) is 16.5. The van der Waals surface area contributed by atoms with Gasteiger partial charge in [0.05, 0.1) is 15.9 Å². The molecule has 176 valence electrons. The van der Waals surface area contributed by atoms with Crippen molar-refractivity contribution in [3.63, 3.8) is 0 Å². The van der Waals surface area contributed by atoms with Gasteiger partial charge in [0.25, 0.3) is 21.6 Å². The van der Waals surface area contributed by atoms with Crippen LogP contribution in [0.1, 0.15) is 37.3 Å². The number of nitro benzene ring substituents is 1. The van der Waals surface area contributed by atoms with Gasteiger partial charge in [-0.2, -0.15) is 0 Å². The van der Waals surface area contributed by atoms with Crippen molar-refractivity contribution in [2.75, 3.05) is 0 Å². The maximum atomic E-state index is 13.5. The summed E-state index contributed by atoms with van der Waals surface area (Å²) in [6.07, 6.45) is 1.09. The van der Waals surface area contributed by atoms with E-state index in [4.69, 9.17) is 0 Å². The number of non-ortho nitro benzene ring substituents is 1. The van der Waals surface area contributed by atoms with E-state index < -0.39 is 49.5 Å². The largest absolute Gasteiger partial charge is 0.480 e. The number of rotatable bonds is 9. The SMILES string of the molecule is CCCC[C@@H](C(=O)O)N(C(=O)[C@@H]1Cc2ccccc2CN1)S(=O)(=O)c1cccc([N+](=O)[O-])c1. The number of carboxylic acids is 1. The zero-order valence-electron chi connectivity index (χ0n) is 18.0. The summed E-state index contributed by atoms with van der Waals surface area (Å²) in [5.41, 5.74) is 1.35. The van der Waals surface area contributed by atoms with Gasteiger partial charge in [-0.15, -0.1) is 0 Å². The summed E-state index contributed by atoms with van der Waals surface area (Å²) >= 11 is 0. The van der Waals surface area contributed by atoms with E-state index in [-0.39, 0.29) is 12.8 Å². The van der Waals surface area contributed by atoms with Crippen molar-refractivity contribution in [3.05, 3.63) is 69.8 Å². The van der Waals surface area contributed by atoms with Gasteiger partial charge in [0.1, 0.15) is 6.04 Å². The Bertz CT molecular complexity index is 1170. The van der Waals surface area contributed by atoms with E-state index in [2.05, 4.69) is 5.32 Å². The molecule has 0 unspecified atom stereocenters. The summed E-state index contributed by atoms with van der Waals surface area (Å²) in [4.78, 5) is 35.5. The molecule has 0 aliphatic carbocycles. The first kappa shape index (κ1) is 24.3. The Hall–Kier alpha value is -3.31. The highest BCUT2D eigenvalue weighted by atomic mass is 32.2. The Morgan fingerprint density at radius 3 is 2.55 bits per heavy atom. The lowest BCUT2D eigenvalue weighted by Gasteiger charge is -2.33. The second-order valence-corrected chi connectivity index (χ2v) is 9.61. The van der Waals surface area contributed by atoms with Crippen LogP contribution in [0.15, 0.2) is 53.4 Å². The monoisotopic (exact) mass is 475 g/mol. The predicted molar refractivity (Wildman–Crippen MR) is 119 cm³/mol. The van der Waals surface area contributed by atoms with Crippen LogP contribution >= 0.6 is 0 Å². The summed E-state index contributed by atoms with van der Waals surface area (Å²) in [6.45, 7) is 2.14. The molecular formula is C22H25N3O7S. The van der Waals surface area contributed by atoms with E-state index in [0.717, 1.165) is 29.3 Å². The quantitative estimate of drug-likeness (QED) is 0.415. The average Bonchev–Trinajstić information content (AvgIpc) is 2.80. The first-order valence-corrected chi connectivity index (χ1v) is 12.0. The molecule has 0 fully saturated rings. The molecule has 0 aromatic heterocycles. The van der Waals surface area contributed by atoms with E-state index >= 15 is 0 Å². The Morgan fingerprint density at radius 1 is 1.21 bits per heavy atom. The summed E-state index contributed by atoms with van der Waals surface area (Å²) in [6, 6.07) is 9.04. The average molecular weight is 476 g/mol.